The molecule has 6 heteroatoms. The van der Waals surface area contributed by atoms with Crippen LogP contribution in [-0.2, 0) is 0 Å². The third kappa shape index (κ3) is 3.24. The van der Waals surface area contributed by atoms with E-state index in [9.17, 15) is 5.11 Å². The van der Waals surface area contributed by atoms with Gasteiger partial charge < -0.3 is 19.3 Å². The van der Waals surface area contributed by atoms with E-state index in [0.29, 0.717) is 17.9 Å². The summed E-state index contributed by atoms with van der Waals surface area (Å²) in [6.07, 6.45) is 0.255. The monoisotopic (exact) mass is 416 g/mol. The van der Waals surface area contributed by atoms with E-state index in [1.165, 1.54) is 0 Å². The molecule has 0 aromatic heterocycles. The van der Waals surface area contributed by atoms with Crippen LogP contribution in [0.25, 0.3) is 0 Å². The Morgan fingerprint density at radius 2 is 1.81 bits per heavy atom. The van der Waals surface area contributed by atoms with Gasteiger partial charge in [0.1, 0.15) is 11.5 Å². The molecule has 6 nitrogen and oxygen atoms in total. The number of rotatable bonds is 4. The first-order valence-electron chi connectivity index (χ1n) is 10.2. The van der Waals surface area contributed by atoms with Gasteiger partial charge in [0, 0.05) is 23.1 Å². The Hall–Kier alpha value is -3.67. The van der Waals surface area contributed by atoms with E-state index >= 15 is 0 Å². The van der Waals surface area contributed by atoms with Gasteiger partial charge in [-0.3, -0.25) is 0 Å². The topological polar surface area (TPSA) is 63.5 Å². The molecule has 0 saturated heterocycles. The van der Waals surface area contributed by atoms with Crippen LogP contribution in [0, 0.1) is 6.92 Å². The number of benzene rings is 3. The van der Waals surface area contributed by atoms with Gasteiger partial charge in [-0.15, -0.1) is 0 Å². The Balaban J connectivity index is 1.61. The number of phenols is 1. The van der Waals surface area contributed by atoms with Crippen LogP contribution in [0.3, 0.4) is 0 Å². The highest BCUT2D eigenvalue weighted by atomic mass is 16.5. The first-order chi connectivity index (χ1) is 15.1. The Bertz CT molecular complexity index is 1170. The predicted molar refractivity (Wildman–Crippen MR) is 118 cm³/mol. The predicted octanol–water partition coefficient (Wildman–Crippen LogP) is 4.96. The molecule has 2 aliphatic heterocycles. The second-order valence-corrected chi connectivity index (χ2v) is 7.79. The van der Waals surface area contributed by atoms with E-state index in [0.717, 1.165) is 33.7 Å². The highest BCUT2D eigenvalue weighted by molar-refractivity contribution is 6.04. The molecule has 0 fully saturated rings. The summed E-state index contributed by atoms with van der Waals surface area (Å²) in [4.78, 5) is 0. The summed E-state index contributed by atoms with van der Waals surface area (Å²) < 4.78 is 17.3. The molecule has 0 unspecified atom stereocenters. The van der Waals surface area contributed by atoms with Crippen LogP contribution in [0.5, 0.6) is 23.0 Å². The molecule has 2 atom stereocenters. The maximum Gasteiger partial charge on any atom is 0.214 e. The highest BCUT2D eigenvalue weighted by Gasteiger charge is 2.41. The van der Waals surface area contributed by atoms with Crippen LogP contribution in [0.1, 0.15) is 40.9 Å². The number of ether oxygens (including phenoxy) is 3. The number of nitrogens with zero attached hydrogens (tertiary/aromatic N) is 2. The molecule has 0 radical (unpaired) electrons. The second kappa shape index (κ2) is 7.54. The lowest BCUT2D eigenvalue weighted by molar-refractivity contribution is -0.0191. The first-order valence-corrected chi connectivity index (χ1v) is 10.2. The molecular formula is C25H24N2O4. The van der Waals surface area contributed by atoms with Crippen LogP contribution in [0.4, 0.5) is 0 Å². The highest BCUT2D eigenvalue weighted by Crippen LogP contribution is 2.48. The average molecular weight is 416 g/mol. The van der Waals surface area contributed by atoms with Gasteiger partial charge in [-0.05, 0) is 43.3 Å². The smallest absolute Gasteiger partial charge is 0.214 e. The van der Waals surface area contributed by atoms with Gasteiger partial charge in [0.2, 0.25) is 6.23 Å². The Labute approximate surface area is 181 Å². The lowest BCUT2D eigenvalue weighted by Gasteiger charge is -2.38. The van der Waals surface area contributed by atoms with Gasteiger partial charge in [-0.1, -0.05) is 29.8 Å². The quantitative estimate of drug-likeness (QED) is 0.651. The number of aryl methyl sites for hydroxylation is 1. The molecule has 0 amide bonds. The Morgan fingerprint density at radius 1 is 1.00 bits per heavy atom. The van der Waals surface area contributed by atoms with Crippen molar-refractivity contribution in [2.24, 2.45) is 5.10 Å². The summed E-state index contributed by atoms with van der Waals surface area (Å²) in [5.41, 5.74) is 4.68. The van der Waals surface area contributed by atoms with Gasteiger partial charge in [0.15, 0.2) is 11.5 Å². The van der Waals surface area contributed by atoms with E-state index in [-0.39, 0.29) is 11.8 Å². The Kier molecular flexibility index (Phi) is 4.70. The van der Waals surface area contributed by atoms with Crippen LogP contribution in [0.15, 0.2) is 65.8 Å². The molecule has 31 heavy (non-hydrogen) atoms. The van der Waals surface area contributed by atoms with Crippen LogP contribution in [-0.4, -0.2) is 30.0 Å². The number of hydrogen-bond acceptors (Lipinski definition) is 6. The zero-order chi connectivity index (χ0) is 21.5. The fourth-order valence-electron chi connectivity index (χ4n) is 4.30. The van der Waals surface area contributed by atoms with E-state index in [2.05, 4.69) is 6.07 Å². The molecule has 2 heterocycles. The largest absolute Gasteiger partial charge is 0.507 e. The van der Waals surface area contributed by atoms with E-state index < -0.39 is 6.23 Å². The van der Waals surface area contributed by atoms with Crippen molar-refractivity contribution < 1.29 is 19.3 Å². The molecule has 3 aromatic rings. The second-order valence-electron chi connectivity index (χ2n) is 7.79. The standard InChI is InChI=1S/C25H24N2O4/c1-15-8-10-21(28)18(12-15)19-14-20-17-6-4-5-7-22(17)31-25(27(20)26-19)16-9-11-23(29-2)24(13-16)30-3/h4-13,20,25,28H,14H2,1-3H3/t20-,25+/m1/s1. The molecule has 158 valence electrons. The summed E-state index contributed by atoms with van der Waals surface area (Å²) in [5, 5.41) is 17.4. The number of para-hydroxylation sites is 1. The van der Waals surface area contributed by atoms with Crippen molar-refractivity contribution in [3.05, 3.63) is 82.9 Å². The summed E-state index contributed by atoms with van der Waals surface area (Å²) in [7, 11) is 3.24. The molecule has 5 rings (SSSR count). The van der Waals surface area contributed by atoms with Gasteiger partial charge >= 0.3 is 0 Å². The van der Waals surface area contributed by atoms with Crippen molar-refractivity contribution in [1.82, 2.24) is 5.01 Å². The van der Waals surface area contributed by atoms with Gasteiger partial charge in [0.05, 0.1) is 26.0 Å². The fourth-order valence-corrected chi connectivity index (χ4v) is 4.30. The number of hydrogen-bond donors (Lipinski definition) is 1. The molecule has 2 aliphatic rings. The minimum atomic E-state index is -0.427. The van der Waals surface area contributed by atoms with Crippen LogP contribution < -0.4 is 14.2 Å². The molecular weight excluding hydrogens is 392 g/mol. The van der Waals surface area contributed by atoms with Crippen molar-refractivity contribution in [3.63, 3.8) is 0 Å². The lowest BCUT2D eigenvalue weighted by Crippen LogP contribution is -2.33. The molecule has 3 aromatic carbocycles. The fraction of sp³-hybridized carbons (Fsp3) is 0.240. The summed E-state index contributed by atoms with van der Waals surface area (Å²) in [5.74, 6) is 2.38. The van der Waals surface area contributed by atoms with E-state index in [1.54, 1.807) is 20.3 Å². The average Bonchev–Trinajstić information content (AvgIpc) is 3.25. The van der Waals surface area contributed by atoms with Gasteiger partial charge in [-0.2, -0.15) is 5.10 Å². The van der Waals surface area contributed by atoms with Crippen molar-refractivity contribution in [1.29, 1.82) is 0 Å². The van der Waals surface area contributed by atoms with Gasteiger partial charge in [-0.25, -0.2) is 5.01 Å². The molecule has 1 N–H and O–H groups in total. The minimum Gasteiger partial charge on any atom is -0.507 e. The maximum atomic E-state index is 10.5. The number of hydrazone groups is 1. The zero-order valence-corrected chi connectivity index (χ0v) is 17.7. The van der Waals surface area contributed by atoms with E-state index in [4.69, 9.17) is 19.3 Å². The Morgan fingerprint density at radius 3 is 2.61 bits per heavy atom. The van der Waals surface area contributed by atoms with Gasteiger partial charge in [0.25, 0.3) is 0 Å². The number of fused-ring (bicyclic) bond motifs is 3. The molecule has 0 bridgehead atoms. The van der Waals surface area contributed by atoms with Crippen molar-refractivity contribution >= 4 is 5.71 Å². The minimum absolute atomic E-state index is 0.0120. The lowest BCUT2D eigenvalue weighted by atomic mass is 9.95. The summed E-state index contributed by atoms with van der Waals surface area (Å²) >= 11 is 0. The summed E-state index contributed by atoms with van der Waals surface area (Å²) in [6.45, 7) is 2.01. The first kappa shape index (κ1) is 19.3. The van der Waals surface area contributed by atoms with Crippen molar-refractivity contribution in [2.45, 2.75) is 25.6 Å². The zero-order valence-electron chi connectivity index (χ0n) is 17.7. The summed E-state index contributed by atoms with van der Waals surface area (Å²) in [6, 6.07) is 19.4. The SMILES string of the molecule is COc1ccc([C@@H]2Oc3ccccc3[C@H]3CC(c4cc(C)ccc4O)=NN32)cc1OC. The number of methoxy groups -OCH3 is 2. The number of aromatic hydroxyl groups is 1. The van der Waals surface area contributed by atoms with E-state index in [1.807, 2.05) is 60.5 Å². The van der Waals surface area contributed by atoms with Crippen molar-refractivity contribution in [3.8, 4) is 23.0 Å². The maximum absolute atomic E-state index is 10.5. The molecule has 0 saturated carbocycles. The third-order valence-corrected chi connectivity index (χ3v) is 5.85. The number of phenolic OH excluding ortho intramolecular Hbond substituents is 1. The van der Waals surface area contributed by atoms with Crippen LogP contribution in [0.2, 0.25) is 0 Å². The normalized spacial score (nSPS) is 19.2. The van der Waals surface area contributed by atoms with Crippen molar-refractivity contribution in [2.75, 3.05) is 14.2 Å². The van der Waals surface area contributed by atoms with Crippen LogP contribution >= 0.6 is 0 Å². The molecule has 0 aliphatic carbocycles. The third-order valence-electron chi connectivity index (χ3n) is 5.85. The molecule has 0 spiro atoms.